The Morgan fingerprint density at radius 2 is 1.64 bits per heavy atom. The number of carbonyl (C=O) groups is 1. The van der Waals surface area contributed by atoms with Crippen LogP contribution >= 0.6 is 0 Å². The molecule has 178 valence electrons. The summed E-state index contributed by atoms with van der Waals surface area (Å²) in [6, 6.07) is 16.4. The highest BCUT2D eigenvalue weighted by Crippen LogP contribution is 2.40. The Balaban J connectivity index is 1.67. The van der Waals surface area contributed by atoms with E-state index in [-0.39, 0.29) is 11.1 Å². The van der Waals surface area contributed by atoms with Crippen LogP contribution < -0.4 is 4.43 Å². The summed E-state index contributed by atoms with van der Waals surface area (Å²) in [6.45, 7) is 13.8. The van der Waals surface area contributed by atoms with Crippen molar-refractivity contribution in [2.45, 2.75) is 63.5 Å². The second-order valence-corrected chi connectivity index (χ2v) is 15.8. The van der Waals surface area contributed by atoms with Crippen LogP contribution in [0, 0.1) is 5.92 Å². The molecule has 3 saturated heterocycles. The second kappa shape index (κ2) is 8.89. The third kappa shape index (κ3) is 4.74. The molecule has 2 aromatic rings. The fourth-order valence-corrected chi connectivity index (χ4v) is 5.60. The van der Waals surface area contributed by atoms with Gasteiger partial charge in [-0.3, -0.25) is 4.90 Å². The van der Waals surface area contributed by atoms with E-state index in [1.54, 1.807) is 24.3 Å². The number of ether oxygens (including phenoxy) is 1. The third-order valence-corrected chi connectivity index (χ3v) is 12.1. The predicted octanol–water partition coefficient (Wildman–Crippen LogP) is 4.94. The van der Waals surface area contributed by atoms with Crippen molar-refractivity contribution in [2.24, 2.45) is 5.92 Å². The smallest absolute Gasteiger partial charge is 0.348 e. The number of hydrogen-bond donors (Lipinski definition) is 1. The van der Waals surface area contributed by atoms with E-state index in [0.717, 1.165) is 32.5 Å². The van der Waals surface area contributed by atoms with Gasteiger partial charge in [0.05, 0.1) is 0 Å². The summed E-state index contributed by atoms with van der Waals surface area (Å²) < 4.78 is 12.5. The van der Waals surface area contributed by atoms with Crippen molar-refractivity contribution < 1.29 is 19.1 Å². The maximum Gasteiger partial charge on any atom is 0.348 e. The van der Waals surface area contributed by atoms with Gasteiger partial charge in [0.15, 0.2) is 0 Å². The van der Waals surface area contributed by atoms with Gasteiger partial charge in [-0.15, -0.1) is 0 Å². The van der Waals surface area contributed by atoms with E-state index in [1.165, 1.54) is 0 Å². The fourth-order valence-electron chi connectivity index (χ4n) is 4.58. The molecule has 1 N–H and O–H groups in total. The fraction of sp³-hybridized carbons (Fsp3) is 0.519. The van der Waals surface area contributed by atoms with Gasteiger partial charge in [0, 0.05) is 12.1 Å². The average molecular weight is 468 g/mol. The number of benzene rings is 2. The molecule has 2 unspecified atom stereocenters. The van der Waals surface area contributed by atoms with Crippen molar-refractivity contribution in [1.29, 1.82) is 0 Å². The van der Waals surface area contributed by atoms with Crippen LogP contribution in [0.4, 0.5) is 0 Å². The van der Waals surface area contributed by atoms with Crippen LogP contribution in [-0.2, 0) is 15.1 Å². The van der Waals surface area contributed by atoms with Gasteiger partial charge in [0.1, 0.15) is 11.9 Å². The first-order valence-corrected chi connectivity index (χ1v) is 14.9. The van der Waals surface area contributed by atoms with Gasteiger partial charge >= 0.3 is 5.97 Å². The van der Waals surface area contributed by atoms with Crippen molar-refractivity contribution in [3.05, 3.63) is 65.7 Å². The largest absolute Gasteiger partial charge is 0.543 e. The Labute approximate surface area is 198 Å². The number of esters is 1. The number of piperidine rings is 3. The van der Waals surface area contributed by atoms with E-state index in [0.29, 0.717) is 22.8 Å². The first-order valence-electron chi connectivity index (χ1n) is 12.0. The molecule has 3 fully saturated rings. The molecular weight excluding hydrogens is 430 g/mol. The summed E-state index contributed by atoms with van der Waals surface area (Å²) in [5, 5.41) is 12.0. The standard InChI is InChI=1S/C27H37NO4Si/c1-26(2,3)33(4,5)32-23-13-9-12-22(18-23)27(30,21-10-7-6-8-11-21)25(29)31-24-19-28-16-14-20(24)15-17-28/h6-13,18,20,24,30H,14-17,19H2,1-5H3. The molecule has 0 aromatic heterocycles. The molecule has 6 heteroatoms. The summed E-state index contributed by atoms with van der Waals surface area (Å²) >= 11 is 0. The molecule has 2 bridgehead atoms. The SMILES string of the molecule is CC(C)(C)[Si](C)(C)Oc1cccc(C(O)(C(=O)OC2CN3CCC2CC3)c2ccccc2)c1. The predicted molar refractivity (Wildman–Crippen MR) is 133 cm³/mol. The van der Waals surface area contributed by atoms with E-state index in [4.69, 9.17) is 9.16 Å². The zero-order chi connectivity index (χ0) is 23.9. The molecule has 0 radical (unpaired) electrons. The Hall–Kier alpha value is -2.15. The van der Waals surface area contributed by atoms with Gasteiger partial charge in [-0.05, 0) is 67.7 Å². The van der Waals surface area contributed by atoms with Crippen molar-refractivity contribution in [3.63, 3.8) is 0 Å². The first-order chi connectivity index (χ1) is 15.5. The van der Waals surface area contributed by atoms with Crippen molar-refractivity contribution in [2.75, 3.05) is 19.6 Å². The number of fused-ring (bicyclic) bond motifs is 3. The Morgan fingerprint density at radius 1 is 1.00 bits per heavy atom. The number of carbonyl (C=O) groups excluding carboxylic acids is 1. The van der Waals surface area contributed by atoms with Crippen LogP contribution in [-0.4, -0.2) is 50.0 Å². The molecule has 5 rings (SSSR count). The summed E-state index contributed by atoms with van der Waals surface area (Å²) in [5.74, 6) is 0.424. The van der Waals surface area contributed by atoms with Crippen LogP contribution in [0.2, 0.25) is 18.1 Å². The molecule has 0 saturated carbocycles. The minimum absolute atomic E-state index is 0.0350. The molecule has 33 heavy (non-hydrogen) atoms. The molecule has 0 aliphatic carbocycles. The van der Waals surface area contributed by atoms with Crippen LogP contribution in [0.1, 0.15) is 44.7 Å². The molecule has 2 atom stereocenters. The average Bonchev–Trinajstić information content (AvgIpc) is 2.79. The number of rotatable bonds is 6. The van der Waals surface area contributed by atoms with Crippen LogP contribution in [0.15, 0.2) is 54.6 Å². The number of aliphatic hydroxyl groups is 1. The van der Waals surface area contributed by atoms with E-state index < -0.39 is 19.9 Å². The van der Waals surface area contributed by atoms with Gasteiger partial charge < -0.3 is 14.3 Å². The molecule has 3 aliphatic heterocycles. The molecule has 0 spiro atoms. The minimum atomic E-state index is -2.08. The Morgan fingerprint density at radius 3 is 2.21 bits per heavy atom. The highest BCUT2D eigenvalue weighted by molar-refractivity contribution is 6.74. The highest BCUT2D eigenvalue weighted by Gasteiger charge is 2.46. The highest BCUT2D eigenvalue weighted by atomic mass is 28.4. The van der Waals surface area contributed by atoms with E-state index in [1.807, 2.05) is 30.3 Å². The lowest BCUT2D eigenvalue weighted by Gasteiger charge is -2.44. The normalized spacial score (nSPS) is 24.7. The molecule has 2 aromatic carbocycles. The van der Waals surface area contributed by atoms with E-state index in [2.05, 4.69) is 38.8 Å². The quantitative estimate of drug-likeness (QED) is 0.481. The molecule has 5 nitrogen and oxygen atoms in total. The van der Waals surface area contributed by atoms with E-state index >= 15 is 0 Å². The number of hydrogen-bond acceptors (Lipinski definition) is 5. The maximum atomic E-state index is 13.6. The lowest BCUT2D eigenvalue weighted by atomic mass is 9.84. The van der Waals surface area contributed by atoms with Crippen LogP contribution in [0.5, 0.6) is 5.75 Å². The van der Waals surface area contributed by atoms with Gasteiger partial charge in [-0.25, -0.2) is 4.79 Å². The summed E-state index contributed by atoms with van der Waals surface area (Å²) in [7, 11) is -2.08. The lowest BCUT2D eigenvalue weighted by Crippen LogP contribution is -2.53. The second-order valence-electron chi connectivity index (χ2n) is 11.0. The summed E-state index contributed by atoms with van der Waals surface area (Å²) in [5.41, 5.74) is -0.933. The lowest BCUT2D eigenvalue weighted by molar-refractivity contribution is -0.177. The maximum absolute atomic E-state index is 13.6. The van der Waals surface area contributed by atoms with Crippen molar-refractivity contribution in [3.8, 4) is 5.75 Å². The third-order valence-electron chi connectivity index (χ3n) is 7.77. The van der Waals surface area contributed by atoms with Crippen LogP contribution in [0.25, 0.3) is 0 Å². The zero-order valence-corrected chi connectivity index (χ0v) is 21.5. The monoisotopic (exact) mass is 467 g/mol. The van der Waals surface area contributed by atoms with Gasteiger partial charge in [0.25, 0.3) is 0 Å². The van der Waals surface area contributed by atoms with E-state index in [9.17, 15) is 9.90 Å². The Kier molecular flexibility index (Phi) is 6.46. The Bertz CT molecular complexity index is 979. The first kappa shape index (κ1) is 24.0. The summed E-state index contributed by atoms with van der Waals surface area (Å²) in [4.78, 5) is 16.0. The molecule has 0 amide bonds. The number of nitrogens with zero attached hydrogens (tertiary/aromatic N) is 1. The van der Waals surface area contributed by atoms with Gasteiger partial charge in [0.2, 0.25) is 13.9 Å². The van der Waals surface area contributed by atoms with Crippen molar-refractivity contribution >= 4 is 14.3 Å². The molecule has 3 aliphatic rings. The molecule has 3 heterocycles. The zero-order valence-electron chi connectivity index (χ0n) is 20.5. The van der Waals surface area contributed by atoms with Gasteiger partial charge in [-0.2, -0.15) is 0 Å². The van der Waals surface area contributed by atoms with Gasteiger partial charge in [-0.1, -0.05) is 63.2 Å². The topological polar surface area (TPSA) is 59.0 Å². The van der Waals surface area contributed by atoms with Crippen molar-refractivity contribution in [1.82, 2.24) is 4.90 Å². The molecular formula is C27H37NO4Si. The minimum Gasteiger partial charge on any atom is -0.543 e. The summed E-state index contributed by atoms with van der Waals surface area (Å²) in [6.07, 6.45) is 1.90. The van der Waals surface area contributed by atoms with Crippen LogP contribution in [0.3, 0.4) is 0 Å².